The van der Waals surface area contributed by atoms with Gasteiger partial charge in [-0.15, -0.1) is 0 Å². The van der Waals surface area contributed by atoms with E-state index in [2.05, 4.69) is 15.3 Å². The van der Waals surface area contributed by atoms with Crippen molar-refractivity contribution in [1.29, 1.82) is 0 Å². The molecule has 0 unspecified atom stereocenters. The first-order valence-electron chi connectivity index (χ1n) is 12.1. The number of nitrogens with one attached hydrogen (secondary N) is 2. The summed E-state index contributed by atoms with van der Waals surface area (Å²) in [6.07, 6.45) is 6.60. The third kappa shape index (κ3) is 4.82. The first-order chi connectivity index (χ1) is 19.0. The predicted octanol–water partition coefficient (Wildman–Crippen LogP) is 6.59. The SMILES string of the molecule is O=C(Nc1ccc(Oc2ccnc3[nH]ccc23)c(F)c1)c1cc2c(n(-c3ccc(F)cc3)c1=O)SC=CCC2. The summed E-state index contributed by atoms with van der Waals surface area (Å²) in [5.74, 6) is -1.42. The van der Waals surface area contributed by atoms with Crippen molar-refractivity contribution in [3.8, 4) is 17.2 Å². The second-order valence-electron chi connectivity index (χ2n) is 8.78. The number of ether oxygens (including phenoxy) is 1. The fourth-order valence-corrected chi connectivity index (χ4v) is 5.34. The highest BCUT2D eigenvalue weighted by Gasteiger charge is 2.22. The van der Waals surface area contributed by atoms with E-state index in [1.807, 2.05) is 11.5 Å². The van der Waals surface area contributed by atoms with Crippen molar-refractivity contribution in [2.45, 2.75) is 17.9 Å². The monoisotopic (exact) mass is 542 g/mol. The number of allylic oxidation sites excluding steroid dienone is 1. The Morgan fingerprint density at radius 3 is 2.72 bits per heavy atom. The molecule has 1 aliphatic rings. The highest BCUT2D eigenvalue weighted by Crippen LogP contribution is 2.32. The molecule has 5 aromatic rings. The number of thioether (sulfide) groups is 1. The number of rotatable bonds is 5. The van der Waals surface area contributed by atoms with Crippen molar-refractivity contribution in [3.05, 3.63) is 118 Å². The number of pyridine rings is 2. The van der Waals surface area contributed by atoms with Crippen molar-refractivity contribution in [1.82, 2.24) is 14.5 Å². The number of benzene rings is 2. The molecule has 194 valence electrons. The number of aromatic amines is 1. The van der Waals surface area contributed by atoms with Crippen molar-refractivity contribution in [2.24, 2.45) is 0 Å². The summed E-state index contributed by atoms with van der Waals surface area (Å²) in [6.45, 7) is 0. The lowest BCUT2D eigenvalue weighted by Gasteiger charge is -2.17. The molecule has 0 saturated heterocycles. The van der Waals surface area contributed by atoms with E-state index in [-0.39, 0.29) is 17.0 Å². The van der Waals surface area contributed by atoms with Gasteiger partial charge in [-0.05, 0) is 78.4 Å². The van der Waals surface area contributed by atoms with Gasteiger partial charge in [-0.2, -0.15) is 0 Å². The normalized spacial score (nSPS) is 12.7. The molecule has 0 aliphatic carbocycles. The van der Waals surface area contributed by atoms with Crippen LogP contribution in [0.3, 0.4) is 0 Å². The Balaban J connectivity index is 1.31. The summed E-state index contributed by atoms with van der Waals surface area (Å²) in [5.41, 5.74) is 1.35. The number of anilines is 1. The molecule has 0 atom stereocenters. The number of hydrogen-bond acceptors (Lipinski definition) is 5. The molecule has 1 aliphatic heterocycles. The molecule has 2 N–H and O–H groups in total. The second kappa shape index (κ2) is 10.2. The van der Waals surface area contributed by atoms with Crippen LogP contribution in [0.2, 0.25) is 0 Å². The van der Waals surface area contributed by atoms with Crippen LogP contribution in [0.15, 0.2) is 94.4 Å². The average Bonchev–Trinajstić information content (AvgIpc) is 3.30. The van der Waals surface area contributed by atoms with Gasteiger partial charge in [-0.3, -0.25) is 14.2 Å². The van der Waals surface area contributed by atoms with Crippen molar-refractivity contribution in [3.63, 3.8) is 0 Å². The van der Waals surface area contributed by atoms with Gasteiger partial charge in [-0.1, -0.05) is 17.8 Å². The molecule has 39 heavy (non-hydrogen) atoms. The number of carbonyl (C=O) groups excluding carboxylic acids is 1. The number of nitrogens with zero attached hydrogens (tertiary/aromatic N) is 2. The van der Waals surface area contributed by atoms with Crippen LogP contribution in [-0.2, 0) is 6.42 Å². The van der Waals surface area contributed by atoms with Gasteiger partial charge in [0.1, 0.15) is 22.8 Å². The van der Waals surface area contributed by atoms with Crippen LogP contribution in [0, 0.1) is 11.6 Å². The van der Waals surface area contributed by atoms with E-state index in [9.17, 15) is 18.4 Å². The third-order valence-corrected chi connectivity index (χ3v) is 7.24. The Morgan fingerprint density at radius 1 is 1.05 bits per heavy atom. The van der Waals surface area contributed by atoms with E-state index in [1.54, 1.807) is 30.6 Å². The van der Waals surface area contributed by atoms with Gasteiger partial charge in [0.2, 0.25) is 0 Å². The highest BCUT2D eigenvalue weighted by molar-refractivity contribution is 8.02. The highest BCUT2D eigenvalue weighted by atomic mass is 32.2. The number of aromatic nitrogens is 3. The standard InChI is InChI=1S/C29H20F2N4O3S/c30-18-4-7-20(8-5-18)35-28(37)22(15-17-3-1-2-14-39-29(17)35)27(36)34-19-6-9-25(23(31)16-19)38-24-11-13-33-26-21(24)10-12-32-26/h2,4-16H,1,3H2,(H,32,33)(H,34,36). The Bertz CT molecular complexity index is 1810. The Kier molecular flexibility index (Phi) is 6.45. The maximum absolute atomic E-state index is 15.0. The second-order valence-corrected chi connectivity index (χ2v) is 9.68. The lowest BCUT2D eigenvalue weighted by atomic mass is 10.1. The molecule has 10 heteroatoms. The van der Waals surface area contributed by atoms with Crippen molar-refractivity contribution < 1.29 is 18.3 Å². The van der Waals surface area contributed by atoms with Gasteiger partial charge in [0.15, 0.2) is 11.6 Å². The smallest absolute Gasteiger partial charge is 0.268 e. The van der Waals surface area contributed by atoms with Crippen molar-refractivity contribution in [2.75, 3.05) is 5.32 Å². The zero-order valence-corrected chi connectivity index (χ0v) is 21.1. The van der Waals surface area contributed by atoms with Gasteiger partial charge in [0.25, 0.3) is 11.5 Å². The van der Waals surface area contributed by atoms with Gasteiger partial charge in [0, 0.05) is 29.8 Å². The van der Waals surface area contributed by atoms with Crippen LogP contribution < -0.4 is 15.6 Å². The van der Waals surface area contributed by atoms with Gasteiger partial charge in [-0.25, -0.2) is 13.8 Å². The van der Waals surface area contributed by atoms with Gasteiger partial charge in [0.05, 0.1) is 10.4 Å². The van der Waals surface area contributed by atoms with Gasteiger partial charge < -0.3 is 15.0 Å². The van der Waals surface area contributed by atoms with E-state index in [4.69, 9.17) is 4.74 Å². The molecule has 6 rings (SSSR count). The minimum atomic E-state index is -0.693. The molecular formula is C29H20F2N4O3S. The zero-order chi connectivity index (χ0) is 26.9. The largest absolute Gasteiger partial charge is 0.453 e. The fourth-order valence-electron chi connectivity index (χ4n) is 4.37. The molecular weight excluding hydrogens is 522 g/mol. The fraction of sp³-hybridized carbons (Fsp3) is 0.0690. The van der Waals surface area contributed by atoms with Crippen LogP contribution in [0.5, 0.6) is 11.5 Å². The Morgan fingerprint density at radius 2 is 1.90 bits per heavy atom. The molecule has 0 radical (unpaired) electrons. The molecule has 3 aromatic heterocycles. The molecule has 0 fully saturated rings. The molecule has 4 heterocycles. The van der Waals surface area contributed by atoms with Crippen LogP contribution in [-0.4, -0.2) is 20.4 Å². The number of fused-ring (bicyclic) bond motifs is 2. The molecule has 0 spiro atoms. The summed E-state index contributed by atoms with van der Waals surface area (Å²) in [7, 11) is 0. The number of hydrogen-bond donors (Lipinski definition) is 2. The molecule has 7 nitrogen and oxygen atoms in total. The van der Waals surface area contributed by atoms with Crippen molar-refractivity contribution >= 4 is 34.4 Å². The number of halogens is 2. The maximum Gasteiger partial charge on any atom is 0.268 e. The molecule has 0 bridgehead atoms. The first-order valence-corrected chi connectivity index (χ1v) is 12.9. The summed E-state index contributed by atoms with van der Waals surface area (Å²) in [4.78, 5) is 34.0. The van der Waals surface area contributed by atoms with Crippen LogP contribution in [0.25, 0.3) is 16.7 Å². The van der Waals surface area contributed by atoms with E-state index in [1.165, 1.54) is 52.7 Å². The average molecular weight is 543 g/mol. The summed E-state index contributed by atoms with van der Waals surface area (Å²) < 4.78 is 35.7. The predicted molar refractivity (Wildman–Crippen MR) is 146 cm³/mol. The topological polar surface area (TPSA) is 89.0 Å². The summed E-state index contributed by atoms with van der Waals surface area (Å²) >= 11 is 1.37. The van der Waals surface area contributed by atoms with E-state index >= 15 is 0 Å². The molecule has 2 aromatic carbocycles. The minimum Gasteiger partial charge on any atom is -0.453 e. The third-order valence-electron chi connectivity index (χ3n) is 6.25. The quantitative estimate of drug-likeness (QED) is 0.262. The van der Waals surface area contributed by atoms with E-state index in [0.29, 0.717) is 33.9 Å². The first kappa shape index (κ1) is 24.6. The summed E-state index contributed by atoms with van der Waals surface area (Å²) in [6, 6.07) is 14.5. The van der Waals surface area contributed by atoms with Crippen LogP contribution >= 0.6 is 11.8 Å². The lowest BCUT2D eigenvalue weighted by Crippen LogP contribution is -2.30. The number of aryl methyl sites for hydroxylation is 1. The zero-order valence-electron chi connectivity index (χ0n) is 20.3. The van der Waals surface area contributed by atoms with Gasteiger partial charge >= 0.3 is 0 Å². The van der Waals surface area contributed by atoms with Crippen LogP contribution in [0.1, 0.15) is 22.3 Å². The van der Waals surface area contributed by atoms with E-state index in [0.717, 1.165) is 18.1 Å². The van der Waals surface area contributed by atoms with Crippen LogP contribution in [0.4, 0.5) is 14.5 Å². The lowest BCUT2D eigenvalue weighted by molar-refractivity contribution is 0.102. The maximum atomic E-state index is 15.0. The number of amides is 1. The summed E-state index contributed by atoms with van der Waals surface area (Å²) in [5, 5.41) is 5.88. The Labute approximate surface area is 225 Å². The molecule has 1 amide bonds. The molecule has 0 saturated carbocycles. The number of H-pyrrole nitrogens is 1. The number of carbonyl (C=O) groups is 1. The Hall–Kier alpha value is -4.70. The minimum absolute atomic E-state index is 0.0325. The van der Waals surface area contributed by atoms with E-state index < -0.39 is 23.1 Å².